The number of nitrogens with zero attached hydrogens (tertiary/aromatic N) is 3. The van der Waals surface area contributed by atoms with Gasteiger partial charge in [-0.25, -0.2) is 4.79 Å². The minimum atomic E-state index is -1.07. The van der Waals surface area contributed by atoms with E-state index in [0.29, 0.717) is 5.56 Å². The summed E-state index contributed by atoms with van der Waals surface area (Å²) in [7, 11) is 0. The zero-order chi connectivity index (χ0) is 21.9. The summed E-state index contributed by atoms with van der Waals surface area (Å²) in [5.74, 6) is -0.316. The monoisotopic (exact) mass is 421 g/mol. The van der Waals surface area contributed by atoms with Crippen molar-refractivity contribution in [3.63, 3.8) is 0 Å². The number of aryl methyl sites for hydroxylation is 2. The number of fused-ring (bicyclic) bond motifs is 3. The van der Waals surface area contributed by atoms with Gasteiger partial charge in [-0.3, -0.25) is 4.98 Å². The maximum atomic E-state index is 13.2. The Bertz CT molecular complexity index is 1430. The lowest BCUT2D eigenvalue weighted by Gasteiger charge is -2.29. The van der Waals surface area contributed by atoms with E-state index >= 15 is 0 Å². The van der Waals surface area contributed by atoms with Gasteiger partial charge < -0.3 is 13.9 Å². The minimum Gasteiger partial charge on any atom is -0.440 e. The summed E-state index contributed by atoms with van der Waals surface area (Å²) in [6, 6.07) is 18.4. The average molecular weight is 422 g/mol. The maximum absolute atomic E-state index is 13.2. The van der Waals surface area contributed by atoms with Crippen LogP contribution >= 0.6 is 0 Å². The van der Waals surface area contributed by atoms with Crippen LogP contribution < -0.4 is 0 Å². The van der Waals surface area contributed by atoms with Crippen LogP contribution in [0.4, 0.5) is 0 Å². The van der Waals surface area contributed by atoms with E-state index in [1.807, 2.05) is 24.3 Å². The Hall–Kier alpha value is -3.86. The molecule has 5 nitrogen and oxygen atoms in total. The fraction of sp³-hybridized carbons (Fsp3) is 0.185. The molecule has 0 aliphatic carbocycles. The fourth-order valence-corrected chi connectivity index (χ4v) is 5.23. The van der Waals surface area contributed by atoms with Crippen molar-refractivity contribution in [1.82, 2.24) is 14.1 Å². The molecule has 0 N–H and O–H groups in total. The van der Waals surface area contributed by atoms with Crippen LogP contribution in [-0.2, 0) is 23.4 Å². The van der Waals surface area contributed by atoms with E-state index in [0.717, 1.165) is 51.6 Å². The Morgan fingerprint density at radius 2 is 1.38 bits per heavy atom. The van der Waals surface area contributed by atoms with Crippen molar-refractivity contribution >= 4 is 27.8 Å². The van der Waals surface area contributed by atoms with E-state index in [9.17, 15) is 4.79 Å². The Morgan fingerprint density at radius 1 is 0.812 bits per heavy atom. The number of cyclic esters (lactones) is 1. The van der Waals surface area contributed by atoms with E-state index < -0.39 is 5.60 Å². The molecule has 32 heavy (non-hydrogen) atoms. The van der Waals surface area contributed by atoms with Crippen LogP contribution in [0.3, 0.4) is 0 Å². The number of aromatic nitrogens is 3. The highest BCUT2D eigenvalue weighted by Crippen LogP contribution is 2.51. The summed E-state index contributed by atoms with van der Waals surface area (Å²) < 4.78 is 10.8. The molecule has 1 aliphatic rings. The molecule has 5 aromatic rings. The predicted octanol–water partition coefficient (Wildman–Crippen LogP) is 5.49. The summed E-state index contributed by atoms with van der Waals surface area (Å²) in [4.78, 5) is 17.6. The number of hydrogen-bond acceptors (Lipinski definition) is 3. The Balaban J connectivity index is 1.80. The first-order chi connectivity index (χ1) is 15.7. The molecule has 0 unspecified atom stereocenters. The summed E-state index contributed by atoms with van der Waals surface area (Å²) >= 11 is 0. The predicted molar refractivity (Wildman–Crippen MR) is 125 cm³/mol. The Morgan fingerprint density at radius 3 is 1.94 bits per heavy atom. The van der Waals surface area contributed by atoms with Gasteiger partial charge in [0.1, 0.15) is 0 Å². The fourth-order valence-electron chi connectivity index (χ4n) is 5.23. The molecule has 0 atom stereocenters. The van der Waals surface area contributed by atoms with Crippen molar-refractivity contribution < 1.29 is 9.53 Å². The molecule has 3 aromatic heterocycles. The van der Waals surface area contributed by atoms with Gasteiger partial charge in [-0.15, -0.1) is 0 Å². The number of para-hydroxylation sites is 2. The molecular weight excluding hydrogens is 398 g/mol. The second-order valence-corrected chi connectivity index (χ2v) is 8.18. The molecule has 0 saturated carbocycles. The summed E-state index contributed by atoms with van der Waals surface area (Å²) in [5, 5.41) is 2.15. The zero-order valence-electron chi connectivity index (χ0n) is 18.1. The highest BCUT2D eigenvalue weighted by atomic mass is 16.6. The average Bonchev–Trinajstić information content (AvgIpc) is 3.50. The first kappa shape index (κ1) is 18.9. The number of carbonyl (C=O) groups excluding carboxylic acids is 1. The van der Waals surface area contributed by atoms with Crippen LogP contribution in [0.5, 0.6) is 0 Å². The number of hydrogen-bond donors (Lipinski definition) is 0. The molecule has 0 saturated heterocycles. The van der Waals surface area contributed by atoms with Crippen molar-refractivity contribution in [2.45, 2.75) is 32.5 Å². The van der Waals surface area contributed by atoms with Gasteiger partial charge in [0.2, 0.25) is 0 Å². The van der Waals surface area contributed by atoms with Crippen molar-refractivity contribution in [2.24, 2.45) is 0 Å². The molecule has 0 fully saturated rings. The largest absolute Gasteiger partial charge is 0.440 e. The van der Waals surface area contributed by atoms with Gasteiger partial charge in [-0.05, 0) is 32.0 Å². The van der Waals surface area contributed by atoms with Crippen LogP contribution in [0.25, 0.3) is 21.8 Å². The lowest BCUT2D eigenvalue weighted by Crippen LogP contribution is -2.29. The third kappa shape index (κ3) is 2.33. The second-order valence-electron chi connectivity index (χ2n) is 8.18. The standard InChI is InChI=1S/C27H23N3O2/c1-3-29-16-22(18-9-5-7-11-24(18)29)27(21-15-28-14-13-20(21)26(31)32-27)23-17-30(4-2)25-12-8-6-10-19(23)25/h5-17H,3-4H2,1-2H3. The van der Waals surface area contributed by atoms with Gasteiger partial charge in [0.15, 0.2) is 5.60 Å². The molecule has 0 radical (unpaired) electrons. The van der Waals surface area contributed by atoms with Gasteiger partial charge in [0, 0.05) is 76.4 Å². The molecule has 5 heteroatoms. The van der Waals surface area contributed by atoms with Gasteiger partial charge in [0.25, 0.3) is 0 Å². The van der Waals surface area contributed by atoms with Crippen LogP contribution in [0.1, 0.15) is 40.9 Å². The number of rotatable bonds is 4. The minimum absolute atomic E-state index is 0.316. The van der Waals surface area contributed by atoms with E-state index in [1.165, 1.54) is 0 Å². The quantitative estimate of drug-likeness (QED) is 0.360. The summed E-state index contributed by atoms with van der Waals surface area (Å²) in [6.07, 6.45) is 7.72. The zero-order valence-corrected chi connectivity index (χ0v) is 18.1. The smallest absolute Gasteiger partial charge is 0.340 e. The Labute approximate surface area is 185 Å². The van der Waals surface area contributed by atoms with E-state index in [2.05, 4.69) is 64.6 Å². The second kappa shape index (κ2) is 6.82. The molecule has 0 bridgehead atoms. The maximum Gasteiger partial charge on any atom is 0.340 e. The van der Waals surface area contributed by atoms with Crippen LogP contribution in [0.2, 0.25) is 0 Å². The third-order valence-electron chi connectivity index (χ3n) is 6.68. The number of benzene rings is 2. The van der Waals surface area contributed by atoms with E-state index in [-0.39, 0.29) is 5.97 Å². The lowest BCUT2D eigenvalue weighted by atomic mass is 9.80. The van der Waals surface area contributed by atoms with Crippen molar-refractivity contribution in [1.29, 1.82) is 0 Å². The molecule has 0 amide bonds. The van der Waals surface area contributed by atoms with Crippen LogP contribution in [-0.4, -0.2) is 20.1 Å². The first-order valence-electron chi connectivity index (χ1n) is 11.0. The topological polar surface area (TPSA) is 49.0 Å². The van der Waals surface area contributed by atoms with E-state index in [4.69, 9.17) is 4.74 Å². The van der Waals surface area contributed by atoms with Crippen molar-refractivity contribution in [3.8, 4) is 0 Å². The Kier molecular flexibility index (Phi) is 4.02. The van der Waals surface area contributed by atoms with Crippen LogP contribution in [0, 0.1) is 0 Å². The van der Waals surface area contributed by atoms with Crippen molar-refractivity contribution in [2.75, 3.05) is 0 Å². The highest BCUT2D eigenvalue weighted by Gasteiger charge is 2.51. The summed E-state index contributed by atoms with van der Waals surface area (Å²) in [5.41, 5.74) is 4.47. The van der Waals surface area contributed by atoms with Gasteiger partial charge in [-0.1, -0.05) is 36.4 Å². The van der Waals surface area contributed by atoms with E-state index in [1.54, 1.807) is 18.5 Å². The van der Waals surface area contributed by atoms with Gasteiger partial charge >= 0.3 is 5.97 Å². The summed E-state index contributed by atoms with van der Waals surface area (Å²) in [6.45, 7) is 5.90. The normalized spacial score (nSPS) is 14.8. The number of pyridine rings is 1. The molecular formula is C27H23N3O2. The number of carbonyl (C=O) groups is 1. The SMILES string of the molecule is CCn1cc(C2(c3cn(CC)c4ccccc34)OC(=O)c3ccncc32)c2ccccc21. The first-order valence-corrected chi connectivity index (χ1v) is 11.0. The van der Waals surface area contributed by atoms with Crippen LogP contribution in [0.15, 0.2) is 79.4 Å². The number of ether oxygens (including phenoxy) is 1. The third-order valence-corrected chi connectivity index (χ3v) is 6.68. The van der Waals surface area contributed by atoms with Crippen molar-refractivity contribution in [3.05, 3.63) is 102 Å². The molecule has 2 aromatic carbocycles. The van der Waals surface area contributed by atoms with Gasteiger partial charge in [-0.2, -0.15) is 0 Å². The number of esters is 1. The molecule has 0 spiro atoms. The molecule has 158 valence electrons. The molecule has 6 rings (SSSR count). The molecule has 4 heterocycles. The van der Waals surface area contributed by atoms with Gasteiger partial charge in [0.05, 0.1) is 5.56 Å². The molecule has 1 aliphatic heterocycles. The highest BCUT2D eigenvalue weighted by molar-refractivity contribution is 6.00. The lowest BCUT2D eigenvalue weighted by molar-refractivity contribution is 0.0258.